The lowest BCUT2D eigenvalue weighted by molar-refractivity contribution is -0.111. The van der Waals surface area contributed by atoms with Gasteiger partial charge in [-0.15, -0.1) is 0 Å². The van der Waals surface area contributed by atoms with E-state index < -0.39 is 8.96 Å². The number of para-hydroxylation sites is 1. The van der Waals surface area contributed by atoms with E-state index in [4.69, 9.17) is 0 Å². The Morgan fingerprint density at radius 3 is 2.29 bits per heavy atom. The number of carbonyl (C=O) groups excluding carboxylic acids is 1. The number of anilines is 1. The summed E-state index contributed by atoms with van der Waals surface area (Å²) < 4.78 is 2.03. The van der Waals surface area contributed by atoms with Gasteiger partial charge in [0.1, 0.15) is 5.71 Å². The van der Waals surface area contributed by atoms with E-state index in [1.54, 1.807) is 6.92 Å². The maximum atomic E-state index is 11.4. The van der Waals surface area contributed by atoms with Crippen LogP contribution in [0, 0.1) is 0 Å². The quantitative estimate of drug-likeness (QED) is 0.456. The van der Waals surface area contributed by atoms with Crippen molar-refractivity contribution in [3.05, 3.63) is 30.3 Å². The summed E-state index contributed by atoms with van der Waals surface area (Å²) in [6, 6.07) is 10.0. The minimum Gasteiger partial charge on any atom is -0.298 e. The van der Waals surface area contributed by atoms with Gasteiger partial charge in [-0.1, -0.05) is 38.2 Å². The Balaban J connectivity index is 3.07. The van der Waals surface area contributed by atoms with E-state index in [9.17, 15) is 4.79 Å². The van der Waals surface area contributed by atoms with E-state index in [1.165, 1.54) is 0 Å². The molecule has 92 valence electrons. The van der Waals surface area contributed by atoms with Gasteiger partial charge in [0.15, 0.2) is 14.7 Å². The van der Waals surface area contributed by atoms with Crippen molar-refractivity contribution in [3.63, 3.8) is 0 Å². The zero-order valence-electron chi connectivity index (χ0n) is 11.0. The molecule has 1 rings (SSSR count). The molecule has 1 aromatic rings. The second kappa shape index (κ2) is 6.35. The Morgan fingerprint density at radius 2 is 1.88 bits per heavy atom. The monoisotopic (exact) mass is 248 g/mol. The molecule has 0 spiro atoms. The number of nitrogens with zero attached hydrogens (tertiary/aromatic N) is 2. The molecule has 0 N–H and O–H groups in total. The SMILES string of the molecule is CCC(=NN(c1ccccc1)[SiH](C)C)C(C)=O. The van der Waals surface area contributed by atoms with Crippen LogP contribution in [0.2, 0.25) is 13.1 Å². The fourth-order valence-corrected chi connectivity index (χ4v) is 2.71. The number of ketones is 1. The third-order valence-electron chi connectivity index (χ3n) is 2.48. The molecule has 0 aliphatic heterocycles. The first-order valence-corrected chi connectivity index (χ1v) is 8.81. The van der Waals surface area contributed by atoms with Crippen molar-refractivity contribution in [3.8, 4) is 0 Å². The fourth-order valence-electron chi connectivity index (χ4n) is 1.57. The third kappa shape index (κ3) is 3.82. The Labute approximate surface area is 105 Å². The molecule has 3 nitrogen and oxygen atoms in total. The number of rotatable bonds is 5. The minimum atomic E-state index is -1.13. The predicted octanol–water partition coefficient (Wildman–Crippen LogP) is 2.83. The van der Waals surface area contributed by atoms with E-state index in [-0.39, 0.29) is 5.78 Å². The first kappa shape index (κ1) is 13.6. The molecule has 0 radical (unpaired) electrons. The summed E-state index contributed by atoms with van der Waals surface area (Å²) in [5.74, 6) is 0.0584. The van der Waals surface area contributed by atoms with Crippen LogP contribution in [-0.4, -0.2) is 20.5 Å². The minimum absolute atomic E-state index is 0.0584. The summed E-state index contributed by atoms with van der Waals surface area (Å²) in [4.78, 5) is 11.4. The largest absolute Gasteiger partial charge is 0.298 e. The summed E-state index contributed by atoms with van der Waals surface area (Å²) in [5, 5.41) is 4.53. The Hall–Kier alpha value is -1.42. The van der Waals surface area contributed by atoms with Gasteiger partial charge in [0.2, 0.25) is 0 Å². The summed E-state index contributed by atoms with van der Waals surface area (Å²) in [5.41, 5.74) is 1.72. The lowest BCUT2D eigenvalue weighted by Gasteiger charge is -2.24. The highest BCUT2D eigenvalue weighted by Gasteiger charge is 2.13. The van der Waals surface area contributed by atoms with Crippen LogP contribution in [0.4, 0.5) is 5.69 Å². The Morgan fingerprint density at radius 1 is 1.29 bits per heavy atom. The molecule has 0 bridgehead atoms. The first-order valence-electron chi connectivity index (χ1n) is 5.99. The highest BCUT2D eigenvalue weighted by atomic mass is 28.3. The number of benzene rings is 1. The zero-order chi connectivity index (χ0) is 12.8. The van der Waals surface area contributed by atoms with Crippen molar-refractivity contribution in [2.75, 3.05) is 4.67 Å². The van der Waals surface area contributed by atoms with Crippen molar-refractivity contribution >= 4 is 26.1 Å². The van der Waals surface area contributed by atoms with E-state index in [1.807, 2.05) is 41.9 Å². The van der Waals surface area contributed by atoms with Crippen molar-refractivity contribution < 1.29 is 4.79 Å². The van der Waals surface area contributed by atoms with Gasteiger partial charge >= 0.3 is 0 Å². The molecule has 0 saturated heterocycles. The maximum Gasteiger partial charge on any atom is 0.175 e. The van der Waals surface area contributed by atoms with Crippen LogP contribution in [0.15, 0.2) is 35.4 Å². The second-order valence-electron chi connectivity index (χ2n) is 4.23. The van der Waals surface area contributed by atoms with Gasteiger partial charge in [0, 0.05) is 12.6 Å². The van der Waals surface area contributed by atoms with Crippen LogP contribution in [0.3, 0.4) is 0 Å². The van der Waals surface area contributed by atoms with Crippen LogP contribution in [-0.2, 0) is 4.79 Å². The van der Waals surface area contributed by atoms with Crippen molar-refractivity contribution in [1.82, 2.24) is 0 Å². The van der Waals surface area contributed by atoms with Crippen molar-refractivity contribution in [2.45, 2.75) is 33.4 Å². The summed E-state index contributed by atoms with van der Waals surface area (Å²) in [7, 11) is -1.13. The molecule has 0 aromatic heterocycles. The molecule has 17 heavy (non-hydrogen) atoms. The molecule has 0 amide bonds. The molecule has 0 unspecified atom stereocenters. The summed E-state index contributed by atoms with van der Waals surface area (Å²) in [6.07, 6.45) is 0.680. The molecule has 0 aliphatic carbocycles. The number of hydrogen-bond donors (Lipinski definition) is 0. The molecular formula is C13H20N2OSi. The van der Waals surface area contributed by atoms with Crippen LogP contribution in [0.25, 0.3) is 0 Å². The zero-order valence-corrected chi connectivity index (χ0v) is 12.1. The van der Waals surface area contributed by atoms with Gasteiger partial charge in [0.05, 0.1) is 0 Å². The van der Waals surface area contributed by atoms with E-state index >= 15 is 0 Å². The van der Waals surface area contributed by atoms with E-state index in [2.05, 4.69) is 18.2 Å². The van der Waals surface area contributed by atoms with Gasteiger partial charge in [0.25, 0.3) is 0 Å². The molecular weight excluding hydrogens is 228 g/mol. The second-order valence-corrected chi connectivity index (χ2v) is 6.91. The number of hydrazone groups is 1. The van der Waals surface area contributed by atoms with Crippen LogP contribution < -0.4 is 4.67 Å². The van der Waals surface area contributed by atoms with Gasteiger partial charge < -0.3 is 0 Å². The van der Waals surface area contributed by atoms with Gasteiger partial charge in [-0.05, 0) is 18.6 Å². The van der Waals surface area contributed by atoms with Crippen LogP contribution in [0.5, 0.6) is 0 Å². The average Bonchev–Trinajstić information content (AvgIpc) is 2.30. The van der Waals surface area contributed by atoms with Gasteiger partial charge in [-0.2, -0.15) is 5.10 Å². The smallest absolute Gasteiger partial charge is 0.175 e. The average molecular weight is 248 g/mol. The summed E-state index contributed by atoms with van der Waals surface area (Å²) in [6.45, 7) is 7.94. The van der Waals surface area contributed by atoms with Gasteiger partial charge in [-0.3, -0.25) is 9.47 Å². The number of Topliss-reactive ketones (excluding diaryl/α,β-unsaturated/α-hetero) is 1. The number of carbonyl (C=O) groups is 1. The molecule has 4 heteroatoms. The lowest BCUT2D eigenvalue weighted by atomic mass is 10.2. The summed E-state index contributed by atoms with van der Waals surface area (Å²) >= 11 is 0. The molecule has 0 heterocycles. The topological polar surface area (TPSA) is 32.7 Å². The van der Waals surface area contributed by atoms with Crippen LogP contribution >= 0.6 is 0 Å². The highest BCUT2D eigenvalue weighted by Crippen LogP contribution is 2.16. The molecule has 0 fully saturated rings. The van der Waals surface area contributed by atoms with Crippen molar-refractivity contribution in [2.24, 2.45) is 5.10 Å². The third-order valence-corrected chi connectivity index (χ3v) is 3.87. The fraction of sp³-hybridized carbons (Fsp3) is 0.385. The van der Waals surface area contributed by atoms with E-state index in [0.717, 1.165) is 5.69 Å². The molecule has 0 saturated carbocycles. The lowest BCUT2D eigenvalue weighted by Crippen LogP contribution is -2.31. The Kier molecular flexibility index (Phi) is 5.09. The normalized spacial score (nSPS) is 11.7. The first-order chi connectivity index (χ1) is 8.06. The van der Waals surface area contributed by atoms with Crippen molar-refractivity contribution in [1.29, 1.82) is 0 Å². The van der Waals surface area contributed by atoms with Gasteiger partial charge in [-0.25, -0.2) is 0 Å². The number of hydrogen-bond acceptors (Lipinski definition) is 3. The molecule has 1 aromatic carbocycles. The maximum absolute atomic E-state index is 11.4. The standard InChI is InChI=1S/C13H20N2OSi/c1-5-13(11(2)16)14-15(17(3)4)12-9-7-6-8-10-12/h6-10,17H,5H2,1-4H3. The predicted molar refractivity (Wildman–Crippen MR) is 76.2 cm³/mol. The molecule has 0 aliphatic rings. The molecule has 0 atom stereocenters. The highest BCUT2D eigenvalue weighted by molar-refractivity contribution is 6.60. The van der Waals surface area contributed by atoms with E-state index in [0.29, 0.717) is 12.1 Å². The Bertz CT molecular complexity index is 401. The van der Waals surface area contributed by atoms with Crippen LogP contribution in [0.1, 0.15) is 20.3 Å².